The van der Waals surface area contributed by atoms with Crippen LogP contribution in [0.2, 0.25) is 0 Å². The summed E-state index contributed by atoms with van der Waals surface area (Å²) >= 11 is 0. The lowest BCUT2D eigenvalue weighted by Crippen LogP contribution is -2.62. The van der Waals surface area contributed by atoms with E-state index in [2.05, 4.69) is 27.7 Å². The van der Waals surface area contributed by atoms with Gasteiger partial charge in [0.1, 0.15) is 6.10 Å². The molecule has 26 heavy (non-hydrogen) atoms. The lowest BCUT2D eigenvalue weighted by molar-refractivity contribution is -0.328. The number of hydrogen-bond donors (Lipinski definition) is 3. The number of rotatable bonds is 3. The molecule has 5 heteroatoms. The van der Waals surface area contributed by atoms with Crippen molar-refractivity contribution in [3.63, 3.8) is 0 Å². The van der Waals surface area contributed by atoms with Gasteiger partial charge < -0.3 is 24.8 Å². The number of aliphatic hydroxyl groups is 3. The van der Waals surface area contributed by atoms with Crippen LogP contribution in [0.3, 0.4) is 0 Å². The molecule has 3 N–H and O–H groups in total. The van der Waals surface area contributed by atoms with Crippen LogP contribution in [-0.4, -0.2) is 53.1 Å². The first kappa shape index (κ1) is 18.9. The van der Waals surface area contributed by atoms with Crippen LogP contribution in [0.1, 0.15) is 53.4 Å². The van der Waals surface area contributed by atoms with Gasteiger partial charge in [-0.3, -0.25) is 0 Å². The first-order chi connectivity index (χ1) is 12.1. The van der Waals surface area contributed by atoms with Crippen LogP contribution >= 0.6 is 0 Å². The standard InChI is InChI=1S/C21H34O5/c1-11(2)16-15(25-5)9-19(3)6-7-20(4)13(17(16)19)8-14-12(10-22)18(23)21(20,24)26-14/h11-15,18,22-24H,6-10H2,1-5H3/t12-,13+,14+,15-,18+,19-,20+,21+/m0/s1. The van der Waals surface area contributed by atoms with Gasteiger partial charge in [-0.05, 0) is 48.5 Å². The molecule has 4 rings (SSSR count). The van der Waals surface area contributed by atoms with Crippen molar-refractivity contribution in [2.45, 2.75) is 77.5 Å². The lowest BCUT2D eigenvalue weighted by Gasteiger charge is -2.58. The summed E-state index contributed by atoms with van der Waals surface area (Å²) in [6, 6.07) is 0. The summed E-state index contributed by atoms with van der Waals surface area (Å²) in [5.41, 5.74) is 2.35. The zero-order valence-corrected chi connectivity index (χ0v) is 16.7. The molecule has 8 atom stereocenters. The van der Waals surface area contributed by atoms with Gasteiger partial charge in [-0.25, -0.2) is 0 Å². The van der Waals surface area contributed by atoms with Crippen LogP contribution in [0.5, 0.6) is 0 Å². The Morgan fingerprint density at radius 3 is 2.54 bits per heavy atom. The molecule has 0 radical (unpaired) electrons. The highest BCUT2D eigenvalue weighted by atomic mass is 16.7. The summed E-state index contributed by atoms with van der Waals surface area (Å²) in [4.78, 5) is 0. The van der Waals surface area contributed by atoms with Crippen molar-refractivity contribution in [1.82, 2.24) is 0 Å². The average molecular weight is 366 g/mol. The molecule has 2 aliphatic heterocycles. The summed E-state index contributed by atoms with van der Waals surface area (Å²) < 4.78 is 11.9. The quantitative estimate of drug-likeness (QED) is 0.668. The van der Waals surface area contributed by atoms with Gasteiger partial charge >= 0.3 is 0 Å². The number of hydrogen-bond acceptors (Lipinski definition) is 5. The van der Waals surface area contributed by atoms with E-state index in [1.165, 1.54) is 11.1 Å². The van der Waals surface area contributed by atoms with Crippen molar-refractivity contribution in [2.24, 2.45) is 28.6 Å². The third kappa shape index (κ3) is 2.10. The number of methoxy groups -OCH3 is 1. The second-order valence-corrected chi connectivity index (χ2v) is 9.86. The Labute approximate surface area is 156 Å². The molecule has 1 saturated carbocycles. The third-order valence-electron chi connectivity index (χ3n) is 8.28. The first-order valence-electron chi connectivity index (χ1n) is 10.1. The van der Waals surface area contributed by atoms with Crippen LogP contribution < -0.4 is 0 Å². The van der Waals surface area contributed by atoms with Crippen molar-refractivity contribution < 1.29 is 24.8 Å². The number of ether oxygens (including phenoxy) is 2. The van der Waals surface area contributed by atoms with E-state index in [-0.39, 0.29) is 30.1 Å². The van der Waals surface area contributed by atoms with Crippen LogP contribution in [0.25, 0.3) is 0 Å². The predicted molar refractivity (Wildman–Crippen MR) is 97.2 cm³/mol. The zero-order valence-electron chi connectivity index (χ0n) is 16.7. The molecule has 2 heterocycles. The molecule has 3 fully saturated rings. The molecule has 2 aliphatic carbocycles. The van der Waals surface area contributed by atoms with Crippen molar-refractivity contribution >= 4 is 0 Å². The van der Waals surface area contributed by atoms with Gasteiger partial charge in [0.15, 0.2) is 5.79 Å². The maximum Gasteiger partial charge on any atom is 0.198 e. The Bertz CT molecular complexity index is 630. The fraction of sp³-hybridized carbons (Fsp3) is 0.905. The Balaban J connectivity index is 1.87. The molecule has 2 saturated heterocycles. The van der Waals surface area contributed by atoms with Gasteiger partial charge in [0.25, 0.3) is 0 Å². The van der Waals surface area contributed by atoms with Crippen molar-refractivity contribution in [3.05, 3.63) is 11.1 Å². The van der Waals surface area contributed by atoms with Crippen LogP contribution in [-0.2, 0) is 9.47 Å². The molecule has 4 aliphatic rings. The van der Waals surface area contributed by atoms with Crippen molar-refractivity contribution in [1.29, 1.82) is 0 Å². The predicted octanol–water partition coefficient (Wildman–Crippen LogP) is 2.24. The minimum atomic E-state index is -1.59. The number of allylic oxidation sites excluding steroid dienone is 1. The minimum Gasteiger partial charge on any atom is -0.396 e. The van der Waals surface area contributed by atoms with Crippen molar-refractivity contribution in [2.75, 3.05) is 13.7 Å². The highest BCUT2D eigenvalue weighted by Crippen LogP contribution is 2.68. The highest BCUT2D eigenvalue weighted by Gasteiger charge is 2.71. The fourth-order valence-electron chi connectivity index (χ4n) is 6.76. The first-order valence-corrected chi connectivity index (χ1v) is 10.1. The highest BCUT2D eigenvalue weighted by molar-refractivity contribution is 5.40. The second kappa shape index (κ2) is 5.77. The minimum absolute atomic E-state index is 0.0806. The summed E-state index contributed by atoms with van der Waals surface area (Å²) in [6.07, 6.45) is 2.29. The smallest absolute Gasteiger partial charge is 0.198 e. The molecule has 0 aromatic rings. The third-order valence-corrected chi connectivity index (χ3v) is 8.28. The normalized spacial score (nSPS) is 53.2. The molecule has 5 nitrogen and oxygen atoms in total. The van der Waals surface area contributed by atoms with Crippen LogP contribution in [0.15, 0.2) is 11.1 Å². The molecule has 0 aromatic heterocycles. The molecule has 0 aromatic carbocycles. The van der Waals surface area contributed by atoms with E-state index in [4.69, 9.17) is 9.47 Å². The van der Waals surface area contributed by atoms with E-state index in [9.17, 15) is 15.3 Å². The lowest BCUT2D eigenvalue weighted by atomic mass is 9.52. The Morgan fingerprint density at radius 2 is 1.96 bits per heavy atom. The van der Waals surface area contributed by atoms with Crippen LogP contribution in [0.4, 0.5) is 0 Å². The molecular weight excluding hydrogens is 332 g/mol. The number of aliphatic hydroxyl groups excluding tert-OH is 2. The molecule has 2 bridgehead atoms. The van der Waals surface area contributed by atoms with E-state index in [0.717, 1.165) is 25.7 Å². The van der Waals surface area contributed by atoms with Crippen molar-refractivity contribution in [3.8, 4) is 0 Å². The SMILES string of the molecule is CO[C@H]1C[C@]2(C)CC[C@]3(C)[C@H](C[C@H]4O[C@]3(O)[C@H](O)[C@H]4CO)C2=C1C(C)C. The average Bonchev–Trinajstić information content (AvgIpc) is 3.01. The Morgan fingerprint density at radius 1 is 1.27 bits per heavy atom. The Kier molecular flexibility index (Phi) is 4.19. The van der Waals surface area contributed by atoms with E-state index in [1.807, 2.05) is 0 Å². The molecule has 0 unspecified atom stereocenters. The van der Waals surface area contributed by atoms with Gasteiger partial charge in [0.2, 0.25) is 0 Å². The van der Waals surface area contributed by atoms with Gasteiger partial charge in [-0.15, -0.1) is 0 Å². The second-order valence-electron chi connectivity index (χ2n) is 9.86. The van der Waals surface area contributed by atoms with E-state index < -0.39 is 23.2 Å². The largest absolute Gasteiger partial charge is 0.396 e. The summed E-state index contributed by atoms with van der Waals surface area (Å²) in [6.45, 7) is 8.69. The molecule has 0 amide bonds. The topological polar surface area (TPSA) is 79.2 Å². The molecular formula is C21H34O5. The van der Waals surface area contributed by atoms with Gasteiger partial charge in [0, 0.05) is 18.4 Å². The van der Waals surface area contributed by atoms with Gasteiger partial charge in [-0.2, -0.15) is 0 Å². The van der Waals surface area contributed by atoms with E-state index >= 15 is 0 Å². The maximum absolute atomic E-state index is 11.5. The van der Waals surface area contributed by atoms with Crippen LogP contribution in [0, 0.1) is 28.6 Å². The monoisotopic (exact) mass is 366 g/mol. The summed E-state index contributed by atoms with van der Waals surface area (Å²) in [5.74, 6) is -1.48. The van der Waals surface area contributed by atoms with Gasteiger partial charge in [0.05, 0.1) is 18.8 Å². The maximum atomic E-state index is 11.5. The Hall–Kier alpha value is -0.460. The fourth-order valence-corrected chi connectivity index (χ4v) is 6.76. The zero-order chi connectivity index (χ0) is 19.1. The molecule has 0 spiro atoms. The van der Waals surface area contributed by atoms with E-state index in [1.54, 1.807) is 7.11 Å². The summed E-state index contributed by atoms with van der Waals surface area (Å²) in [7, 11) is 1.79. The number of fused-ring (bicyclic) bond motifs is 6. The molecule has 148 valence electrons. The van der Waals surface area contributed by atoms with E-state index in [0.29, 0.717) is 5.92 Å². The summed E-state index contributed by atoms with van der Waals surface area (Å²) in [5, 5.41) is 32.1. The van der Waals surface area contributed by atoms with Gasteiger partial charge in [-0.1, -0.05) is 33.3 Å².